The Morgan fingerprint density at radius 2 is 1.74 bits per heavy atom. The van der Waals surface area contributed by atoms with Crippen molar-refractivity contribution in [3.63, 3.8) is 0 Å². The van der Waals surface area contributed by atoms with Gasteiger partial charge in [0, 0.05) is 25.3 Å². The third-order valence-electron chi connectivity index (χ3n) is 2.76. The van der Waals surface area contributed by atoms with Gasteiger partial charge >= 0.3 is 0 Å². The molecule has 0 aliphatic carbocycles. The van der Waals surface area contributed by atoms with E-state index in [0.29, 0.717) is 13.2 Å². The average Bonchev–Trinajstić information content (AvgIpc) is 2.92. The van der Waals surface area contributed by atoms with Gasteiger partial charge in [-0.2, -0.15) is 0 Å². The highest BCUT2D eigenvalue weighted by molar-refractivity contribution is 5.61. The summed E-state index contributed by atoms with van der Waals surface area (Å²) in [6.07, 6.45) is 1.68. The zero-order chi connectivity index (χ0) is 13.7. The van der Waals surface area contributed by atoms with E-state index in [1.807, 2.05) is 22.8 Å². The first-order chi connectivity index (χ1) is 9.28. The lowest BCUT2D eigenvalue weighted by Crippen LogP contribution is -2.05. The van der Waals surface area contributed by atoms with Crippen LogP contribution in [0.25, 0.3) is 11.4 Å². The summed E-state index contributed by atoms with van der Waals surface area (Å²) >= 11 is 0. The molecule has 1 aromatic heterocycles. The minimum Gasteiger partial charge on any atom is -0.497 e. The summed E-state index contributed by atoms with van der Waals surface area (Å²) in [5.41, 5.74) is 0.893. The van der Waals surface area contributed by atoms with Crippen LogP contribution in [0.15, 0.2) is 24.5 Å². The summed E-state index contributed by atoms with van der Waals surface area (Å²) in [6.45, 7) is 1.30. The van der Waals surface area contributed by atoms with E-state index in [9.17, 15) is 0 Å². The van der Waals surface area contributed by atoms with E-state index in [1.54, 1.807) is 27.7 Å². The number of ether oxygens (including phenoxy) is 3. The minimum absolute atomic E-state index is 0.603. The van der Waals surface area contributed by atoms with Gasteiger partial charge in [0.2, 0.25) is 0 Å². The van der Waals surface area contributed by atoms with Crippen molar-refractivity contribution >= 4 is 0 Å². The second-order valence-corrected chi connectivity index (χ2v) is 3.94. The number of benzene rings is 1. The lowest BCUT2D eigenvalue weighted by atomic mass is 10.2. The average molecular weight is 263 g/mol. The lowest BCUT2D eigenvalue weighted by Gasteiger charge is -2.09. The SMILES string of the molecule is COCCn1cnnc1-c1cc(OC)cc(OC)c1. The van der Waals surface area contributed by atoms with Crippen molar-refractivity contribution in [2.75, 3.05) is 27.9 Å². The van der Waals surface area contributed by atoms with Crippen LogP contribution in [0.1, 0.15) is 0 Å². The number of methoxy groups -OCH3 is 3. The predicted octanol–water partition coefficient (Wildman–Crippen LogP) is 1.61. The van der Waals surface area contributed by atoms with Gasteiger partial charge in [-0.15, -0.1) is 10.2 Å². The van der Waals surface area contributed by atoms with Crippen LogP contribution in [0, 0.1) is 0 Å². The Labute approximate surface area is 111 Å². The van der Waals surface area contributed by atoms with Crippen molar-refractivity contribution in [1.29, 1.82) is 0 Å². The highest BCUT2D eigenvalue weighted by atomic mass is 16.5. The molecule has 2 rings (SSSR count). The van der Waals surface area contributed by atoms with Crippen LogP contribution in [0.3, 0.4) is 0 Å². The summed E-state index contributed by atoms with van der Waals surface area (Å²) in [5.74, 6) is 2.19. The molecule has 0 saturated carbocycles. The van der Waals surface area contributed by atoms with E-state index in [2.05, 4.69) is 10.2 Å². The van der Waals surface area contributed by atoms with Gasteiger partial charge in [0.15, 0.2) is 5.82 Å². The number of aromatic nitrogens is 3. The van der Waals surface area contributed by atoms with Gasteiger partial charge in [-0.1, -0.05) is 0 Å². The van der Waals surface area contributed by atoms with Crippen molar-refractivity contribution in [3.8, 4) is 22.9 Å². The molecule has 0 aliphatic heterocycles. The minimum atomic E-state index is 0.603. The molecule has 2 aromatic rings. The largest absolute Gasteiger partial charge is 0.497 e. The van der Waals surface area contributed by atoms with Crippen LogP contribution in [0.5, 0.6) is 11.5 Å². The number of nitrogens with zero attached hydrogens (tertiary/aromatic N) is 3. The third-order valence-corrected chi connectivity index (χ3v) is 2.76. The van der Waals surface area contributed by atoms with Crippen molar-refractivity contribution in [3.05, 3.63) is 24.5 Å². The highest BCUT2D eigenvalue weighted by Gasteiger charge is 2.10. The van der Waals surface area contributed by atoms with E-state index in [1.165, 1.54) is 0 Å². The topological polar surface area (TPSA) is 58.4 Å². The highest BCUT2D eigenvalue weighted by Crippen LogP contribution is 2.28. The molecule has 102 valence electrons. The number of hydrogen-bond donors (Lipinski definition) is 0. The molecule has 6 nitrogen and oxygen atoms in total. The molecule has 0 spiro atoms. The molecule has 0 fully saturated rings. The first-order valence-corrected chi connectivity index (χ1v) is 5.88. The Morgan fingerprint density at radius 1 is 1.05 bits per heavy atom. The molecule has 6 heteroatoms. The summed E-state index contributed by atoms with van der Waals surface area (Å²) in [7, 11) is 4.90. The summed E-state index contributed by atoms with van der Waals surface area (Å²) in [4.78, 5) is 0. The van der Waals surface area contributed by atoms with Gasteiger partial charge in [-0.05, 0) is 12.1 Å². The van der Waals surface area contributed by atoms with Crippen LogP contribution in [0.2, 0.25) is 0 Å². The number of hydrogen-bond acceptors (Lipinski definition) is 5. The van der Waals surface area contributed by atoms with Gasteiger partial charge in [0.05, 0.1) is 20.8 Å². The van der Waals surface area contributed by atoms with Crippen LogP contribution in [-0.4, -0.2) is 42.7 Å². The third kappa shape index (κ3) is 3.03. The normalized spacial score (nSPS) is 10.5. The van der Waals surface area contributed by atoms with Crippen LogP contribution in [0.4, 0.5) is 0 Å². The summed E-state index contributed by atoms with van der Waals surface area (Å²) in [6, 6.07) is 5.62. The van der Waals surface area contributed by atoms with Crippen LogP contribution < -0.4 is 9.47 Å². The first-order valence-electron chi connectivity index (χ1n) is 5.88. The second kappa shape index (κ2) is 6.19. The zero-order valence-electron chi connectivity index (χ0n) is 11.3. The molecule has 1 heterocycles. The Hall–Kier alpha value is -2.08. The Bertz CT molecular complexity index is 517. The second-order valence-electron chi connectivity index (χ2n) is 3.94. The maximum atomic E-state index is 5.25. The molecule has 1 aromatic carbocycles. The molecule has 19 heavy (non-hydrogen) atoms. The summed E-state index contributed by atoms with van der Waals surface area (Å²) in [5, 5.41) is 8.07. The van der Waals surface area contributed by atoms with E-state index >= 15 is 0 Å². The molecule has 0 unspecified atom stereocenters. The Balaban J connectivity index is 2.37. The fourth-order valence-corrected chi connectivity index (χ4v) is 1.77. The fraction of sp³-hybridized carbons (Fsp3) is 0.385. The van der Waals surface area contributed by atoms with Gasteiger partial charge in [0.25, 0.3) is 0 Å². The molecular weight excluding hydrogens is 246 g/mol. The van der Waals surface area contributed by atoms with Gasteiger partial charge in [0.1, 0.15) is 17.8 Å². The Morgan fingerprint density at radius 3 is 2.32 bits per heavy atom. The van der Waals surface area contributed by atoms with E-state index < -0.39 is 0 Å². The standard InChI is InChI=1S/C13H17N3O3/c1-17-5-4-16-9-14-15-13(16)10-6-11(18-2)8-12(7-10)19-3/h6-9H,4-5H2,1-3H3. The van der Waals surface area contributed by atoms with Crippen LogP contribution >= 0.6 is 0 Å². The molecular formula is C13H17N3O3. The van der Waals surface area contributed by atoms with E-state index in [0.717, 1.165) is 22.9 Å². The quantitative estimate of drug-likeness (QED) is 0.792. The molecule has 0 atom stereocenters. The molecule has 0 radical (unpaired) electrons. The molecule has 0 bridgehead atoms. The molecule has 0 N–H and O–H groups in total. The van der Waals surface area contributed by atoms with Crippen LogP contribution in [-0.2, 0) is 11.3 Å². The van der Waals surface area contributed by atoms with Gasteiger partial charge in [-0.3, -0.25) is 0 Å². The fourth-order valence-electron chi connectivity index (χ4n) is 1.77. The molecule has 0 aliphatic rings. The smallest absolute Gasteiger partial charge is 0.164 e. The zero-order valence-corrected chi connectivity index (χ0v) is 11.3. The summed E-state index contributed by atoms with van der Waals surface area (Å²) < 4.78 is 17.5. The first kappa shape index (κ1) is 13.4. The van der Waals surface area contributed by atoms with Crippen molar-refractivity contribution in [2.24, 2.45) is 0 Å². The van der Waals surface area contributed by atoms with E-state index in [4.69, 9.17) is 14.2 Å². The molecule has 0 saturated heterocycles. The molecule has 0 amide bonds. The number of rotatable bonds is 6. The lowest BCUT2D eigenvalue weighted by molar-refractivity contribution is 0.187. The monoisotopic (exact) mass is 263 g/mol. The van der Waals surface area contributed by atoms with E-state index in [-0.39, 0.29) is 0 Å². The maximum Gasteiger partial charge on any atom is 0.164 e. The van der Waals surface area contributed by atoms with Gasteiger partial charge in [-0.25, -0.2) is 0 Å². The van der Waals surface area contributed by atoms with Gasteiger partial charge < -0.3 is 18.8 Å². The maximum absolute atomic E-state index is 5.25. The van der Waals surface area contributed by atoms with Crippen molar-refractivity contribution in [1.82, 2.24) is 14.8 Å². The predicted molar refractivity (Wildman–Crippen MR) is 70.4 cm³/mol. The van der Waals surface area contributed by atoms with Crippen molar-refractivity contribution in [2.45, 2.75) is 6.54 Å². The van der Waals surface area contributed by atoms with Crippen molar-refractivity contribution < 1.29 is 14.2 Å². The Kier molecular flexibility index (Phi) is 4.35.